The number of carbonyl (C=O) groups excluding carboxylic acids is 2. The van der Waals surface area contributed by atoms with Gasteiger partial charge in [0.05, 0.1) is 18.2 Å². The van der Waals surface area contributed by atoms with E-state index in [-0.39, 0.29) is 23.0 Å². The number of rotatable bonds is 6. The van der Waals surface area contributed by atoms with Crippen molar-refractivity contribution in [3.63, 3.8) is 0 Å². The van der Waals surface area contributed by atoms with Gasteiger partial charge in [-0.05, 0) is 112 Å². The number of ketones is 1. The highest BCUT2D eigenvalue weighted by molar-refractivity contribution is 5.91. The van der Waals surface area contributed by atoms with Crippen molar-refractivity contribution in [3.8, 4) is 0 Å². The van der Waals surface area contributed by atoms with E-state index in [0.29, 0.717) is 42.0 Å². The Morgan fingerprint density at radius 1 is 1.11 bits per heavy atom. The third kappa shape index (κ3) is 5.34. The first-order valence-corrected chi connectivity index (χ1v) is 17.8. The normalized spacial score (nSPS) is 40.1. The summed E-state index contributed by atoms with van der Waals surface area (Å²) in [5, 5.41) is 3.22. The van der Waals surface area contributed by atoms with E-state index in [0.717, 1.165) is 70.4 Å². The van der Waals surface area contributed by atoms with Crippen molar-refractivity contribution in [2.24, 2.45) is 35.0 Å². The lowest BCUT2D eigenvalue weighted by molar-refractivity contribution is -0.124. The number of ether oxygens (including phenoxy) is 1. The van der Waals surface area contributed by atoms with E-state index < -0.39 is 0 Å². The van der Waals surface area contributed by atoms with E-state index in [2.05, 4.69) is 68.2 Å². The van der Waals surface area contributed by atoms with Gasteiger partial charge in [-0.25, -0.2) is 0 Å². The van der Waals surface area contributed by atoms with Crippen molar-refractivity contribution < 1.29 is 14.3 Å². The summed E-state index contributed by atoms with van der Waals surface area (Å²) in [4.78, 5) is 27.9. The fraction of sp³-hybridized carbons (Fsp3) is 0.692. The summed E-state index contributed by atoms with van der Waals surface area (Å²) in [6, 6.07) is 10.8. The molecule has 0 radical (unpaired) electrons. The van der Waals surface area contributed by atoms with Gasteiger partial charge in [-0.1, -0.05) is 67.8 Å². The molecule has 3 unspecified atom stereocenters. The van der Waals surface area contributed by atoms with Crippen LogP contribution in [-0.2, 0) is 20.7 Å². The lowest BCUT2D eigenvalue weighted by Crippen LogP contribution is -2.54. The number of nitrogens with zero attached hydrogens (tertiary/aromatic N) is 1. The van der Waals surface area contributed by atoms with Gasteiger partial charge in [0.15, 0.2) is 5.78 Å². The van der Waals surface area contributed by atoms with Gasteiger partial charge in [0.1, 0.15) is 0 Å². The van der Waals surface area contributed by atoms with Crippen molar-refractivity contribution in [2.75, 3.05) is 19.6 Å². The van der Waals surface area contributed by atoms with Crippen LogP contribution in [0.15, 0.2) is 53.1 Å². The van der Waals surface area contributed by atoms with E-state index in [1.807, 2.05) is 6.08 Å². The molecule has 0 aromatic heterocycles. The number of allylic oxidation sites excluding steroid dienone is 3. The second-order valence-corrected chi connectivity index (χ2v) is 15.9. The second-order valence-electron chi connectivity index (χ2n) is 15.9. The van der Waals surface area contributed by atoms with Crippen molar-refractivity contribution in [1.82, 2.24) is 10.2 Å². The number of aryl methyl sites for hydroxylation is 1. The van der Waals surface area contributed by atoms with E-state index in [1.54, 1.807) is 11.1 Å². The third-order valence-corrected chi connectivity index (χ3v) is 13.3. The first kappa shape index (κ1) is 30.4. The molecule has 5 nitrogen and oxygen atoms in total. The average Bonchev–Trinajstić information content (AvgIpc) is 3.46. The molecular formula is C39H54N2O3. The molecule has 1 aromatic carbocycles. The minimum absolute atomic E-state index is 0.123. The van der Waals surface area contributed by atoms with Gasteiger partial charge in [0, 0.05) is 31.5 Å². The molecule has 44 heavy (non-hydrogen) atoms. The van der Waals surface area contributed by atoms with E-state index in [1.165, 1.54) is 30.4 Å². The fourth-order valence-corrected chi connectivity index (χ4v) is 11.1. The van der Waals surface area contributed by atoms with Crippen molar-refractivity contribution in [3.05, 3.63) is 58.7 Å². The minimum atomic E-state index is -0.123. The maximum absolute atomic E-state index is 13.2. The van der Waals surface area contributed by atoms with Crippen LogP contribution in [-0.4, -0.2) is 54.0 Å². The summed E-state index contributed by atoms with van der Waals surface area (Å²) < 4.78 is 7.25. The molecule has 5 heteroatoms. The van der Waals surface area contributed by atoms with Crippen molar-refractivity contribution >= 4 is 11.7 Å². The van der Waals surface area contributed by atoms with Gasteiger partial charge in [-0.3, -0.25) is 14.5 Å². The summed E-state index contributed by atoms with van der Waals surface area (Å²) >= 11 is 0. The Labute approximate surface area is 265 Å². The quantitative estimate of drug-likeness (QED) is 0.281. The topological polar surface area (TPSA) is 58.6 Å². The molecule has 9 atom stereocenters. The Hall–Kier alpha value is -2.24. The number of piperidine rings is 1. The van der Waals surface area contributed by atoms with E-state index in [9.17, 15) is 9.59 Å². The zero-order chi connectivity index (χ0) is 30.6. The molecule has 2 saturated carbocycles. The predicted octanol–water partition coefficient (Wildman–Crippen LogP) is 7.06. The summed E-state index contributed by atoms with van der Waals surface area (Å²) in [5.41, 5.74) is 6.19. The van der Waals surface area contributed by atoms with E-state index >= 15 is 0 Å². The SMILES string of the molecule is CC1=C2C[C@H]3[C@@H](CCC4=CC(=O)CC[C@@]43C)C2CCC2(C1)OC1C[C@H](C)CN(CC(=O)NCCCc3ccccc3)[C@H]1[C@H]2C. The molecule has 4 fully saturated rings. The standard InChI is InChI=1S/C39H54N2O3/c1-25-19-35-37(41(23-25)24-36(43)40-18-8-11-28-9-6-5-7-10-28)27(3)39(44-35)17-15-31-32-13-12-29-20-30(42)14-16-38(29,4)34(32)21-33(31)26(2)22-39/h5-7,9-10,20,25,27,31-32,34-35,37H,8,11-19,21-24H2,1-4H3,(H,40,43)/t25-,27+,31?,32-,34-,35?,37-,38-,39?/m0/s1. The molecule has 2 heterocycles. The molecule has 238 valence electrons. The lowest BCUT2D eigenvalue weighted by Gasteiger charge is -2.48. The molecule has 0 bridgehead atoms. The zero-order valence-electron chi connectivity index (χ0n) is 27.6. The Bertz CT molecular complexity index is 1330. The van der Waals surface area contributed by atoms with E-state index in [4.69, 9.17) is 4.74 Å². The van der Waals surface area contributed by atoms with Gasteiger partial charge in [-0.2, -0.15) is 0 Å². The van der Waals surface area contributed by atoms with Crippen molar-refractivity contribution in [2.45, 2.75) is 116 Å². The van der Waals surface area contributed by atoms with Crippen LogP contribution in [0.2, 0.25) is 0 Å². The molecule has 1 aromatic rings. The van der Waals surface area contributed by atoms with Gasteiger partial charge in [-0.15, -0.1) is 0 Å². The highest BCUT2D eigenvalue weighted by Crippen LogP contribution is 2.64. The summed E-state index contributed by atoms with van der Waals surface area (Å²) in [7, 11) is 0. The van der Waals surface area contributed by atoms with Crippen LogP contribution < -0.4 is 5.32 Å². The van der Waals surface area contributed by atoms with Crippen LogP contribution in [0.5, 0.6) is 0 Å². The Morgan fingerprint density at radius 2 is 1.93 bits per heavy atom. The highest BCUT2D eigenvalue weighted by atomic mass is 16.5. The maximum atomic E-state index is 13.2. The molecule has 1 N–H and O–H groups in total. The zero-order valence-corrected chi connectivity index (χ0v) is 27.6. The number of benzene rings is 1. The molecule has 1 amide bonds. The van der Waals surface area contributed by atoms with Crippen LogP contribution >= 0.6 is 0 Å². The Kier molecular flexibility index (Phi) is 8.19. The van der Waals surface area contributed by atoms with Gasteiger partial charge in [0.25, 0.3) is 0 Å². The summed E-state index contributed by atoms with van der Waals surface area (Å²) in [6.45, 7) is 11.8. The smallest absolute Gasteiger partial charge is 0.234 e. The van der Waals surface area contributed by atoms with Crippen molar-refractivity contribution in [1.29, 1.82) is 0 Å². The summed E-state index contributed by atoms with van der Waals surface area (Å²) in [6.07, 6.45) is 14.0. The largest absolute Gasteiger partial charge is 0.369 e. The molecule has 7 rings (SSSR count). The Morgan fingerprint density at radius 3 is 2.75 bits per heavy atom. The van der Waals surface area contributed by atoms with Gasteiger partial charge < -0.3 is 10.1 Å². The first-order chi connectivity index (χ1) is 21.2. The van der Waals surface area contributed by atoms with Gasteiger partial charge in [0.2, 0.25) is 5.91 Å². The predicted molar refractivity (Wildman–Crippen MR) is 175 cm³/mol. The number of carbonyl (C=O) groups is 2. The van der Waals surface area contributed by atoms with Crippen LogP contribution in [0.1, 0.15) is 97.5 Å². The minimum Gasteiger partial charge on any atom is -0.369 e. The van der Waals surface area contributed by atoms with Crippen LogP contribution in [0.3, 0.4) is 0 Å². The monoisotopic (exact) mass is 598 g/mol. The molecule has 1 spiro atoms. The van der Waals surface area contributed by atoms with Crippen LogP contribution in [0.4, 0.5) is 0 Å². The molecular weight excluding hydrogens is 544 g/mol. The fourth-order valence-electron chi connectivity index (χ4n) is 11.1. The number of hydrogen-bond donors (Lipinski definition) is 1. The van der Waals surface area contributed by atoms with Crippen LogP contribution in [0, 0.1) is 35.0 Å². The number of hydrogen-bond acceptors (Lipinski definition) is 4. The summed E-state index contributed by atoms with van der Waals surface area (Å²) in [5.74, 6) is 3.53. The maximum Gasteiger partial charge on any atom is 0.234 e. The highest BCUT2D eigenvalue weighted by Gasteiger charge is 2.59. The average molecular weight is 599 g/mol. The number of fused-ring (bicyclic) bond motifs is 6. The number of likely N-dealkylation sites (tertiary alicyclic amines) is 1. The lowest BCUT2D eigenvalue weighted by atomic mass is 9.56. The molecule has 4 aliphatic carbocycles. The number of nitrogens with one attached hydrogen (secondary N) is 1. The molecule has 2 aliphatic heterocycles. The third-order valence-electron chi connectivity index (χ3n) is 13.3. The number of amides is 1. The second kappa shape index (κ2) is 11.8. The van der Waals surface area contributed by atoms with Gasteiger partial charge >= 0.3 is 0 Å². The Balaban J connectivity index is 1.03. The molecule has 2 saturated heterocycles. The van der Waals surface area contributed by atoms with Crippen LogP contribution in [0.25, 0.3) is 0 Å². The first-order valence-electron chi connectivity index (χ1n) is 17.8. The molecule has 6 aliphatic rings.